The van der Waals surface area contributed by atoms with Gasteiger partial charge in [0.05, 0.1) is 11.3 Å². The SMILES string of the molecule is CSCC(C)N(C)C(=O)Nc1cc(F)ccc1C(=O)O. The van der Waals surface area contributed by atoms with Gasteiger partial charge in [0, 0.05) is 18.8 Å². The molecule has 0 fully saturated rings. The van der Waals surface area contributed by atoms with E-state index in [2.05, 4.69) is 5.32 Å². The van der Waals surface area contributed by atoms with Crippen molar-refractivity contribution in [3.8, 4) is 0 Å². The molecule has 0 aromatic heterocycles. The molecule has 1 atom stereocenters. The van der Waals surface area contributed by atoms with Crippen molar-refractivity contribution < 1.29 is 19.1 Å². The Bertz CT molecular complexity index is 510. The summed E-state index contributed by atoms with van der Waals surface area (Å²) in [6, 6.07) is 2.66. The molecule has 0 radical (unpaired) electrons. The van der Waals surface area contributed by atoms with E-state index >= 15 is 0 Å². The first-order valence-corrected chi connectivity index (χ1v) is 7.31. The van der Waals surface area contributed by atoms with Crippen molar-refractivity contribution in [3.05, 3.63) is 29.6 Å². The number of amides is 2. The van der Waals surface area contributed by atoms with Gasteiger partial charge >= 0.3 is 12.0 Å². The van der Waals surface area contributed by atoms with Crippen LogP contribution in [0.2, 0.25) is 0 Å². The first kappa shape index (κ1) is 16.3. The highest BCUT2D eigenvalue weighted by molar-refractivity contribution is 7.98. The van der Waals surface area contributed by atoms with E-state index in [9.17, 15) is 14.0 Å². The summed E-state index contributed by atoms with van der Waals surface area (Å²) < 4.78 is 13.2. The van der Waals surface area contributed by atoms with E-state index < -0.39 is 17.8 Å². The van der Waals surface area contributed by atoms with Crippen LogP contribution in [0.25, 0.3) is 0 Å². The van der Waals surface area contributed by atoms with Crippen LogP contribution < -0.4 is 5.32 Å². The normalized spacial score (nSPS) is 11.8. The molecular weight excluding hydrogens is 283 g/mol. The first-order chi connectivity index (χ1) is 9.36. The monoisotopic (exact) mass is 300 g/mol. The quantitative estimate of drug-likeness (QED) is 0.877. The van der Waals surface area contributed by atoms with Crippen LogP contribution >= 0.6 is 11.8 Å². The second kappa shape index (κ2) is 7.14. The Labute approximate surface area is 121 Å². The maximum absolute atomic E-state index is 13.2. The van der Waals surface area contributed by atoms with Crippen LogP contribution in [-0.4, -0.2) is 47.1 Å². The van der Waals surface area contributed by atoms with Crippen LogP contribution in [0, 0.1) is 5.82 Å². The van der Waals surface area contributed by atoms with E-state index in [4.69, 9.17) is 5.11 Å². The number of thioether (sulfide) groups is 1. The van der Waals surface area contributed by atoms with Crippen LogP contribution in [0.5, 0.6) is 0 Å². The number of urea groups is 1. The number of carboxylic acid groups (broad SMARTS) is 1. The average molecular weight is 300 g/mol. The molecule has 1 aromatic rings. The number of aromatic carboxylic acids is 1. The van der Waals surface area contributed by atoms with Crippen LogP contribution in [0.1, 0.15) is 17.3 Å². The summed E-state index contributed by atoms with van der Waals surface area (Å²) in [6.07, 6.45) is 1.93. The molecule has 0 saturated heterocycles. The van der Waals surface area contributed by atoms with Crippen molar-refractivity contribution in [2.24, 2.45) is 0 Å². The third-order valence-corrected chi connectivity index (χ3v) is 3.66. The van der Waals surface area contributed by atoms with Gasteiger partial charge in [-0.2, -0.15) is 11.8 Å². The molecule has 0 heterocycles. The van der Waals surface area contributed by atoms with Gasteiger partial charge < -0.3 is 15.3 Å². The Morgan fingerprint density at radius 1 is 1.50 bits per heavy atom. The van der Waals surface area contributed by atoms with Gasteiger partial charge in [0.15, 0.2) is 0 Å². The van der Waals surface area contributed by atoms with Crippen molar-refractivity contribution in [1.29, 1.82) is 0 Å². The van der Waals surface area contributed by atoms with Gasteiger partial charge in [0.1, 0.15) is 5.82 Å². The predicted molar refractivity (Wildman–Crippen MR) is 78.0 cm³/mol. The predicted octanol–water partition coefficient (Wildman–Crippen LogP) is 2.74. The number of nitrogens with zero attached hydrogens (tertiary/aromatic N) is 1. The molecule has 2 amide bonds. The van der Waals surface area contributed by atoms with Gasteiger partial charge in [0.25, 0.3) is 0 Å². The minimum atomic E-state index is -1.22. The molecular formula is C13H17FN2O3S. The molecule has 2 N–H and O–H groups in total. The summed E-state index contributed by atoms with van der Waals surface area (Å²) in [6.45, 7) is 1.87. The number of hydrogen-bond acceptors (Lipinski definition) is 3. The van der Waals surface area contributed by atoms with Crippen LogP contribution in [-0.2, 0) is 0 Å². The summed E-state index contributed by atoms with van der Waals surface area (Å²) in [7, 11) is 1.61. The highest BCUT2D eigenvalue weighted by atomic mass is 32.2. The largest absolute Gasteiger partial charge is 0.478 e. The molecule has 20 heavy (non-hydrogen) atoms. The number of anilines is 1. The number of benzene rings is 1. The third kappa shape index (κ3) is 4.12. The Morgan fingerprint density at radius 3 is 2.70 bits per heavy atom. The Balaban J connectivity index is 2.90. The molecule has 1 aromatic carbocycles. The molecule has 0 aliphatic rings. The zero-order valence-corrected chi connectivity index (χ0v) is 12.3. The second-order valence-electron chi connectivity index (χ2n) is 4.34. The van der Waals surface area contributed by atoms with Crippen LogP contribution in [0.3, 0.4) is 0 Å². The van der Waals surface area contributed by atoms with Gasteiger partial charge in [-0.25, -0.2) is 14.0 Å². The van der Waals surface area contributed by atoms with E-state index in [1.54, 1.807) is 18.8 Å². The fourth-order valence-corrected chi connectivity index (χ4v) is 2.27. The summed E-state index contributed by atoms with van der Waals surface area (Å²) >= 11 is 1.60. The van der Waals surface area contributed by atoms with Crippen molar-refractivity contribution in [2.45, 2.75) is 13.0 Å². The molecule has 1 rings (SSSR count). The highest BCUT2D eigenvalue weighted by Gasteiger charge is 2.18. The number of hydrogen-bond donors (Lipinski definition) is 2. The lowest BCUT2D eigenvalue weighted by molar-refractivity contribution is 0.0698. The lowest BCUT2D eigenvalue weighted by Gasteiger charge is -2.24. The van der Waals surface area contributed by atoms with E-state index in [1.165, 1.54) is 4.90 Å². The lowest BCUT2D eigenvalue weighted by atomic mass is 10.1. The average Bonchev–Trinajstić information content (AvgIpc) is 2.37. The van der Waals surface area contributed by atoms with E-state index in [0.29, 0.717) is 0 Å². The van der Waals surface area contributed by atoms with Crippen molar-refractivity contribution >= 4 is 29.4 Å². The summed E-state index contributed by atoms with van der Waals surface area (Å²) in [5.74, 6) is -1.08. The fourth-order valence-electron chi connectivity index (χ4n) is 1.56. The standard InChI is InChI=1S/C13H17FN2O3S/c1-8(7-20-3)16(2)13(19)15-11-6-9(14)4-5-10(11)12(17)18/h4-6,8H,7H2,1-3H3,(H,15,19)(H,17,18). The van der Waals surface area contributed by atoms with Gasteiger partial charge in [-0.1, -0.05) is 0 Å². The lowest BCUT2D eigenvalue weighted by Crippen LogP contribution is -2.39. The minimum absolute atomic E-state index is 0.0214. The first-order valence-electron chi connectivity index (χ1n) is 5.92. The van der Waals surface area contributed by atoms with Crippen molar-refractivity contribution in [1.82, 2.24) is 4.90 Å². The minimum Gasteiger partial charge on any atom is -0.478 e. The van der Waals surface area contributed by atoms with Gasteiger partial charge in [-0.3, -0.25) is 0 Å². The van der Waals surface area contributed by atoms with Crippen molar-refractivity contribution in [3.63, 3.8) is 0 Å². The number of carbonyl (C=O) groups is 2. The Morgan fingerprint density at radius 2 is 2.15 bits per heavy atom. The highest BCUT2D eigenvalue weighted by Crippen LogP contribution is 2.18. The number of carboxylic acids is 1. The maximum atomic E-state index is 13.2. The van der Waals surface area contributed by atoms with E-state index in [0.717, 1.165) is 24.0 Å². The third-order valence-electron chi connectivity index (χ3n) is 2.84. The zero-order chi connectivity index (χ0) is 15.3. The van der Waals surface area contributed by atoms with Gasteiger partial charge in [-0.05, 0) is 31.4 Å². The zero-order valence-electron chi connectivity index (χ0n) is 11.5. The number of nitrogens with one attached hydrogen (secondary N) is 1. The topological polar surface area (TPSA) is 69.6 Å². The smallest absolute Gasteiger partial charge is 0.337 e. The fraction of sp³-hybridized carbons (Fsp3) is 0.385. The maximum Gasteiger partial charge on any atom is 0.337 e. The molecule has 0 bridgehead atoms. The molecule has 0 spiro atoms. The van der Waals surface area contributed by atoms with Crippen LogP contribution in [0.4, 0.5) is 14.9 Å². The number of halogens is 1. The second-order valence-corrected chi connectivity index (χ2v) is 5.25. The number of rotatable bonds is 5. The summed E-state index contributed by atoms with van der Waals surface area (Å²) in [5, 5.41) is 11.4. The van der Waals surface area contributed by atoms with Gasteiger partial charge in [0.2, 0.25) is 0 Å². The van der Waals surface area contributed by atoms with Gasteiger partial charge in [-0.15, -0.1) is 0 Å². The molecule has 0 saturated carbocycles. The Hall–Kier alpha value is -1.76. The molecule has 1 unspecified atom stereocenters. The van der Waals surface area contributed by atoms with Crippen LogP contribution in [0.15, 0.2) is 18.2 Å². The molecule has 110 valence electrons. The molecule has 0 aliphatic carbocycles. The molecule has 0 aliphatic heterocycles. The van der Waals surface area contributed by atoms with Crippen molar-refractivity contribution in [2.75, 3.05) is 24.4 Å². The summed E-state index contributed by atoms with van der Waals surface area (Å²) in [4.78, 5) is 24.5. The molecule has 5 nitrogen and oxygen atoms in total. The molecule has 7 heteroatoms. The number of carbonyl (C=O) groups excluding carboxylic acids is 1. The van der Waals surface area contributed by atoms with E-state index in [1.807, 2.05) is 13.2 Å². The Kier molecular flexibility index (Phi) is 5.82. The van der Waals surface area contributed by atoms with E-state index in [-0.39, 0.29) is 17.3 Å². The summed E-state index contributed by atoms with van der Waals surface area (Å²) in [5.41, 5.74) is -0.198.